The van der Waals surface area contributed by atoms with Crippen LogP contribution < -0.4 is 24.4 Å². The smallest absolute Gasteiger partial charge is 0.318 e. The van der Waals surface area contributed by atoms with Gasteiger partial charge >= 0.3 is 5.69 Å². The van der Waals surface area contributed by atoms with E-state index in [-0.39, 0.29) is 23.9 Å². The van der Waals surface area contributed by atoms with Crippen LogP contribution in [0.5, 0.6) is 28.7 Å². The predicted octanol–water partition coefficient (Wildman–Crippen LogP) is 5.08. The van der Waals surface area contributed by atoms with Crippen LogP contribution in [-0.2, 0) is 0 Å². The zero-order chi connectivity index (χ0) is 27.8. The van der Waals surface area contributed by atoms with E-state index in [2.05, 4.69) is 10.5 Å². The van der Waals surface area contributed by atoms with Gasteiger partial charge in [-0.2, -0.15) is 5.10 Å². The number of nitro benzene ring substituents is 2. The number of carbonyl (C=O) groups is 1. The molecule has 14 heteroatoms. The quantitative estimate of drug-likeness (QED) is 0.131. The van der Waals surface area contributed by atoms with Crippen molar-refractivity contribution in [3.8, 4) is 28.7 Å². The minimum atomic E-state index is -0.766. The Hall–Kier alpha value is -4.47. The minimum Gasteiger partial charge on any atom is -0.493 e. The first kappa shape index (κ1) is 28.1. The molecule has 13 nitrogen and oxygen atoms in total. The Morgan fingerprint density at radius 1 is 0.974 bits per heavy atom. The van der Waals surface area contributed by atoms with Crippen molar-refractivity contribution in [3.05, 3.63) is 83.5 Å². The molecular weight excluding hydrogens is 615 g/mol. The highest BCUT2D eigenvalue weighted by atomic mass is 127. The lowest BCUT2D eigenvalue weighted by Gasteiger charge is -2.14. The normalized spacial score (nSPS) is 10.6. The van der Waals surface area contributed by atoms with Gasteiger partial charge in [0.2, 0.25) is 5.75 Å². The maximum atomic E-state index is 12.5. The van der Waals surface area contributed by atoms with E-state index in [0.29, 0.717) is 26.2 Å². The van der Waals surface area contributed by atoms with Gasteiger partial charge in [0.15, 0.2) is 23.0 Å². The Balaban J connectivity index is 1.85. The topological polar surface area (TPSA) is 165 Å². The van der Waals surface area contributed by atoms with Crippen molar-refractivity contribution in [1.82, 2.24) is 5.43 Å². The predicted molar refractivity (Wildman–Crippen MR) is 145 cm³/mol. The van der Waals surface area contributed by atoms with Crippen LogP contribution in [0.3, 0.4) is 0 Å². The fourth-order valence-electron chi connectivity index (χ4n) is 3.19. The minimum absolute atomic E-state index is 0.177. The van der Waals surface area contributed by atoms with Crippen LogP contribution in [0.2, 0.25) is 0 Å². The third kappa shape index (κ3) is 6.64. The van der Waals surface area contributed by atoms with Crippen molar-refractivity contribution in [2.24, 2.45) is 5.10 Å². The SMILES string of the molecule is CCOc1cc(/C=N/NC(=O)c2ccc(OC)c(OC)c2)cc(I)c1Oc1ccc([N+](=O)[O-])cc1[N+](=O)[O-]. The fourth-order valence-corrected chi connectivity index (χ4v) is 3.93. The van der Waals surface area contributed by atoms with Gasteiger partial charge in [-0.15, -0.1) is 0 Å². The third-order valence-electron chi connectivity index (χ3n) is 4.92. The molecule has 0 aliphatic rings. The van der Waals surface area contributed by atoms with Crippen molar-refractivity contribution in [2.45, 2.75) is 6.92 Å². The van der Waals surface area contributed by atoms with Gasteiger partial charge in [0, 0.05) is 11.6 Å². The summed E-state index contributed by atoms with van der Waals surface area (Å²) in [7, 11) is 2.95. The molecule has 0 heterocycles. The number of nitro groups is 2. The molecular formula is C24H21IN4O9. The van der Waals surface area contributed by atoms with Gasteiger partial charge < -0.3 is 18.9 Å². The molecule has 0 saturated carbocycles. The number of ether oxygens (including phenoxy) is 4. The van der Waals surface area contributed by atoms with Gasteiger partial charge in [0.1, 0.15) is 0 Å². The fraction of sp³-hybridized carbons (Fsp3) is 0.167. The maximum Gasteiger partial charge on any atom is 0.318 e. The van der Waals surface area contributed by atoms with E-state index in [1.165, 1.54) is 26.5 Å². The van der Waals surface area contributed by atoms with Crippen LogP contribution in [0.15, 0.2) is 53.6 Å². The molecule has 0 fully saturated rings. The number of carbonyl (C=O) groups excluding carboxylic acids is 1. The molecule has 1 N–H and O–H groups in total. The average Bonchev–Trinajstić information content (AvgIpc) is 2.90. The van der Waals surface area contributed by atoms with Crippen LogP contribution in [-0.4, -0.2) is 42.8 Å². The van der Waals surface area contributed by atoms with E-state index < -0.39 is 27.1 Å². The summed E-state index contributed by atoms with van der Waals surface area (Å²) in [5, 5.41) is 26.5. The molecule has 0 spiro atoms. The summed E-state index contributed by atoms with van der Waals surface area (Å²) in [6, 6.07) is 11.0. The molecule has 0 aromatic heterocycles. The Kier molecular flexibility index (Phi) is 9.37. The number of halogens is 1. The van der Waals surface area contributed by atoms with E-state index in [1.807, 2.05) is 22.6 Å². The summed E-state index contributed by atoms with van der Waals surface area (Å²) < 4.78 is 22.3. The molecule has 0 aliphatic heterocycles. The summed E-state index contributed by atoms with van der Waals surface area (Å²) in [6.45, 7) is 2.00. The van der Waals surface area contributed by atoms with E-state index in [0.717, 1.165) is 18.2 Å². The zero-order valence-corrected chi connectivity index (χ0v) is 22.5. The number of methoxy groups -OCH3 is 2. The van der Waals surface area contributed by atoms with Crippen molar-refractivity contribution in [1.29, 1.82) is 0 Å². The highest BCUT2D eigenvalue weighted by molar-refractivity contribution is 14.1. The molecule has 38 heavy (non-hydrogen) atoms. The van der Waals surface area contributed by atoms with Gasteiger partial charge in [0.05, 0.1) is 46.5 Å². The number of benzene rings is 3. The van der Waals surface area contributed by atoms with Crippen LogP contribution in [0, 0.1) is 23.8 Å². The number of hydrogen-bond donors (Lipinski definition) is 1. The molecule has 0 unspecified atom stereocenters. The summed E-state index contributed by atoms with van der Waals surface area (Å²) in [4.78, 5) is 33.5. The molecule has 3 aromatic rings. The lowest BCUT2D eigenvalue weighted by Crippen LogP contribution is -2.17. The molecule has 3 aromatic carbocycles. The van der Waals surface area contributed by atoms with Gasteiger partial charge in [-0.25, -0.2) is 5.43 Å². The number of hydrazone groups is 1. The van der Waals surface area contributed by atoms with Crippen LogP contribution in [0.4, 0.5) is 11.4 Å². The first-order valence-electron chi connectivity index (χ1n) is 10.8. The highest BCUT2D eigenvalue weighted by Crippen LogP contribution is 2.41. The maximum absolute atomic E-state index is 12.5. The lowest BCUT2D eigenvalue weighted by atomic mass is 10.2. The molecule has 0 radical (unpaired) electrons. The Morgan fingerprint density at radius 2 is 1.68 bits per heavy atom. The molecule has 0 bridgehead atoms. The lowest BCUT2D eigenvalue weighted by molar-refractivity contribution is -0.394. The van der Waals surface area contributed by atoms with Gasteiger partial charge in [-0.05, 0) is 71.5 Å². The van der Waals surface area contributed by atoms with E-state index >= 15 is 0 Å². The second-order valence-corrected chi connectivity index (χ2v) is 8.46. The third-order valence-corrected chi connectivity index (χ3v) is 5.72. The second kappa shape index (κ2) is 12.7. The monoisotopic (exact) mass is 636 g/mol. The highest BCUT2D eigenvalue weighted by Gasteiger charge is 2.23. The number of rotatable bonds is 11. The van der Waals surface area contributed by atoms with Crippen LogP contribution in [0.25, 0.3) is 0 Å². The summed E-state index contributed by atoms with van der Waals surface area (Å²) in [5.41, 5.74) is 2.26. The Labute approximate surface area is 229 Å². The van der Waals surface area contributed by atoms with Gasteiger partial charge in [-0.1, -0.05) is 0 Å². The van der Waals surface area contributed by atoms with Crippen molar-refractivity contribution in [2.75, 3.05) is 20.8 Å². The molecule has 0 aliphatic carbocycles. The number of nitrogens with zero attached hydrogens (tertiary/aromatic N) is 3. The zero-order valence-electron chi connectivity index (χ0n) is 20.3. The Bertz CT molecular complexity index is 1410. The van der Waals surface area contributed by atoms with Gasteiger partial charge in [0.25, 0.3) is 11.6 Å². The van der Waals surface area contributed by atoms with Crippen molar-refractivity contribution < 1.29 is 33.6 Å². The standard InChI is InChI=1S/C24H21IN4O9/c1-4-37-22-10-14(13-26-27-24(30)15-5-7-20(35-2)21(11-15)36-3)9-17(25)23(22)38-19-8-6-16(28(31)32)12-18(19)29(33)34/h5-13H,4H2,1-3H3,(H,27,30)/b26-13+. The number of amides is 1. The van der Waals surface area contributed by atoms with E-state index in [9.17, 15) is 25.0 Å². The Morgan fingerprint density at radius 3 is 2.32 bits per heavy atom. The molecule has 198 valence electrons. The largest absolute Gasteiger partial charge is 0.493 e. The molecule has 0 atom stereocenters. The van der Waals surface area contributed by atoms with Gasteiger partial charge in [-0.3, -0.25) is 25.0 Å². The summed E-state index contributed by atoms with van der Waals surface area (Å²) in [6.07, 6.45) is 1.39. The first-order chi connectivity index (χ1) is 18.2. The molecule has 3 rings (SSSR count). The van der Waals surface area contributed by atoms with Crippen molar-refractivity contribution in [3.63, 3.8) is 0 Å². The first-order valence-corrected chi connectivity index (χ1v) is 11.9. The molecule has 1 amide bonds. The molecule has 0 saturated heterocycles. The summed E-state index contributed by atoms with van der Waals surface area (Å²) >= 11 is 1.96. The van der Waals surface area contributed by atoms with Crippen molar-refractivity contribution >= 4 is 46.1 Å². The number of nitrogens with one attached hydrogen (secondary N) is 1. The average molecular weight is 636 g/mol. The van der Waals surface area contributed by atoms with E-state index in [1.54, 1.807) is 31.2 Å². The number of hydrogen-bond acceptors (Lipinski definition) is 10. The van der Waals surface area contributed by atoms with Crippen LogP contribution in [0.1, 0.15) is 22.8 Å². The van der Waals surface area contributed by atoms with Crippen LogP contribution >= 0.6 is 22.6 Å². The second-order valence-electron chi connectivity index (χ2n) is 7.30. The number of non-ortho nitro benzene ring substituents is 1. The van der Waals surface area contributed by atoms with E-state index in [4.69, 9.17) is 18.9 Å². The summed E-state index contributed by atoms with van der Waals surface area (Å²) in [5.74, 6) is 0.627.